The maximum atomic E-state index is 3.71. The minimum absolute atomic E-state index is 0.693. The fraction of sp³-hybridized carbons (Fsp3) is 0.692. The lowest BCUT2D eigenvalue weighted by molar-refractivity contribution is 0.174. The third-order valence-corrected chi connectivity index (χ3v) is 4.44. The zero-order valence-electron chi connectivity index (χ0n) is 10.5. The van der Waals surface area contributed by atoms with Crippen molar-refractivity contribution in [1.29, 1.82) is 0 Å². The second kappa shape index (κ2) is 5.30. The molecular formula is C13H22N2S. The Morgan fingerprint density at radius 3 is 2.94 bits per heavy atom. The van der Waals surface area contributed by atoms with Crippen molar-refractivity contribution in [2.45, 2.75) is 32.9 Å². The van der Waals surface area contributed by atoms with E-state index in [1.54, 1.807) is 0 Å². The predicted octanol–water partition coefficient (Wildman–Crippen LogP) is 2.49. The van der Waals surface area contributed by atoms with E-state index in [-0.39, 0.29) is 0 Å². The molecule has 2 rings (SSSR count). The van der Waals surface area contributed by atoms with Gasteiger partial charge >= 0.3 is 0 Å². The van der Waals surface area contributed by atoms with Crippen molar-refractivity contribution in [1.82, 2.24) is 10.2 Å². The smallest absolute Gasteiger partial charge is 0.0302 e. The van der Waals surface area contributed by atoms with Gasteiger partial charge < -0.3 is 10.2 Å². The largest absolute Gasteiger partial charge is 0.309 e. The Morgan fingerprint density at radius 2 is 2.31 bits per heavy atom. The first-order valence-electron chi connectivity index (χ1n) is 6.12. The van der Waals surface area contributed by atoms with E-state index < -0.39 is 0 Å². The van der Waals surface area contributed by atoms with Crippen LogP contribution in [0, 0.1) is 12.8 Å². The van der Waals surface area contributed by atoms with E-state index in [1.807, 2.05) is 11.3 Å². The van der Waals surface area contributed by atoms with Crippen LogP contribution >= 0.6 is 11.3 Å². The van der Waals surface area contributed by atoms with Gasteiger partial charge in [-0.1, -0.05) is 6.92 Å². The van der Waals surface area contributed by atoms with Gasteiger partial charge in [0.25, 0.3) is 0 Å². The van der Waals surface area contributed by atoms with Gasteiger partial charge in [-0.15, -0.1) is 11.3 Å². The molecule has 0 aromatic carbocycles. The number of aryl methyl sites for hydroxylation is 1. The van der Waals surface area contributed by atoms with Gasteiger partial charge in [-0.3, -0.25) is 0 Å². The summed E-state index contributed by atoms with van der Waals surface area (Å²) in [6.45, 7) is 8.02. The molecule has 1 aliphatic rings. The molecule has 0 spiro atoms. The molecule has 2 heterocycles. The zero-order valence-corrected chi connectivity index (χ0v) is 11.3. The molecule has 1 fully saturated rings. The summed E-state index contributed by atoms with van der Waals surface area (Å²) in [6, 6.07) is 5.14. The van der Waals surface area contributed by atoms with E-state index in [0.717, 1.165) is 12.5 Å². The minimum Gasteiger partial charge on any atom is -0.309 e. The molecule has 2 unspecified atom stereocenters. The van der Waals surface area contributed by atoms with Crippen molar-refractivity contribution in [2.75, 3.05) is 20.1 Å². The van der Waals surface area contributed by atoms with Gasteiger partial charge in [0.15, 0.2) is 0 Å². The molecule has 1 saturated heterocycles. The predicted molar refractivity (Wildman–Crippen MR) is 71.0 cm³/mol. The summed E-state index contributed by atoms with van der Waals surface area (Å²) in [7, 11) is 2.22. The summed E-state index contributed by atoms with van der Waals surface area (Å²) in [5.41, 5.74) is 0. The number of hydrogen-bond acceptors (Lipinski definition) is 3. The highest BCUT2D eigenvalue weighted by molar-refractivity contribution is 7.11. The number of thiophene rings is 1. The third kappa shape index (κ3) is 3.06. The molecule has 2 nitrogen and oxygen atoms in total. The van der Waals surface area contributed by atoms with Crippen LogP contribution in [0.25, 0.3) is 0 Å². The third-order valence-electron chi connectivity index (χ3n) is 3.44. The average Bonchev–Trinajstić information content (AvgIpc) is 2.63. The highest BCUT2D eigenvalue weighted by atomic mass is 32.1. The second-order valence-electron chi connectivity index (χ2n) is 5.03. The van der Waals surface area contributed by atoms with Gasteiger partial charge in [0.2, 0.25) is 0 Å². The molecule has 0 radical (unpaired) electrons. The SMILES string of the molecule is Cc1ccc(CNC2CCN(C)CC2C)s1. The Balaban J connectivity index is 1.81. The van der Waals surface area contributed by atoms with Gasteiger partial charge in [-0.2, -0.15) is 0 Å². The van der Waals surface area contributed by atoms with Crippen molar-refractivity contribution < 1.29 is 0 Å². The van der Waals surface area contributed by atoms with E-state index >= 15 is 0 Å². The number of likely N-dealkylation sites (tertiary alicyclic amines) is 1. The summed E-state index contributed by atoms with van der Waals surface area (Å²) in [6.07, 6.45) is 1.28. The van der Waals surface area contributed by atoms with Crippen LogP contribution in [0.1, 0.15) is 23.1 Å². The van der Waals surface area contributed by atoms with Crippen LogP contribution in [-0.2, 0) is 6.54 Å². The average molecular weight is 238 g/mol. The molecule has 0 amide bonds. The molecular weight excluding hydrogens is 216 g/mol. The lowest BCUT2D eigenvalue weighted by Gasteiger charge is -2.35. The number of nitrogens with zero attached hydrogens (tertiary/aromatic N) is 1. The maximum Gasteiger partial charge on any atom is 0.0302 e. The van der Waals surface area contributed by atoms with E-state index in [0.29, 0.717) is 6.04 Å². The van der Waals surface area contributed by atoms with Crippen LogP contribution in [0.2, 0.25) is 0 Å². The molecule has 0 saturated carbocycles. The molecule has 0 aliphatic carbocycles. The Hall–Kier alpha value is -0.380. The molecule has 1 aliphatic heterocycles. The fourth-order valence-corrected chi connectivity index (χ4v) is 3.31. The summed E-state index contributed by atoms with van der Waals surface area (Å²) in [5, 5.41) is 3.71. The lowest BCUT2D eigenvalue weighted by Crippen LogP contribution is -2.46. The molecule has 90 valence electrons. The first-order valence-corrected chi connectivity index (χ1v) is 6.94. The minimum atomic E-state index is 0.693. The van der Waals surface area contributed by atoms with Gasteiger partial charge in [-0.25, -0.2) is 0 Å². The van der Waals surface area contributed by atoms with Crippen LogP contribution in [-0.4, -0.2) is 31.1 Å². The Bertz CT molecular complexity index is 334. The van der Waals surface area contributed by atoms with Gasteiger partial charge in [-0.05, 0) is 45.0 Å². The lowest BCUT2D eigenvalue weighted by atomic mass is 9.94. The molecule has 3 heteroatoms. The normalized spacial score (nSPS) is 27.2. The van der Waals surface area contributed by atoms with Gasteiger partial charge in [0.1, 0.15) is 0 Å². The second-order valence-corrected chi connectivity index (χ2v) is 6.40. The van der Waals surface area contributed by atoms with Crippen LogP contribution in [0.15, 0.2) is 12.1 Å². The van der Waals surface area contributed by atoms with Crippen LogP contribution < -0.4 is 5.32 Å². The van der Waals surface area contributed by atoms with Crippen molar-refractivity contribution in [3.8, 4) is 0 Å². The monoisotopic (exact) mass is 238 g/mol. The van der Waals surface area contributed by atoms with Crippen LogP contribution in [0.3, 0.4) is 0 Å². The molecule has 2 atom stereocenters. The molecule has 16 heavy (non-hydrogen) atoms. The number of rotatable bonds is 3. The molecule has 1 N–H and O–H groups in total. The zero-order chi connectivity index (χ0) is 11.5. The van der Waals surface area contributed by atoms with Crippen molar-refractivity contribution >= 4 is 11.3 Å². The number of nitrogens with one attached hydrogen (secondary N) is 1. The van der Waals surface area contributed by atoms with Gasteiger partial charge in [0.05, 0.1) is 0 Å². The van der Waals surface area contributed by atoms with Crippen LogP contribution in [0.5, 0.6) is 0 Å². The Kier molecular flexibility index (Phi) is 4.00. The first kappa shape index (κ1) is 12.1. The molecule has 1 aromatic heterocycles. The topological polar surface area (TPSA) is 15.3 Å². The van der Waals surface area contributed by atoms with E-state index in [4.69, 9.17) is 0 Å². The highest BCUT2D eigenvalue weighted by Crippen LogP contribution is 2.18. The van der Waals surface area contributed by atoms with E-state index in [2.05, 4.69) is 43.2 Å². The maximum absolute atomic E-state index is 3.71. The Morgan fingerprint density at radius 1 is 1.50 bits per heavy atom. The van der Waals surface area contributed by atoms with E-state index in [9.17, 15) is 0 Å². The molecule has 1 aromatic rings. The fourth-order valence-electron chi connectivity index (χ4n) is 2.47. The quantitative estimate of drug-likeness (QED) is 0.870. The summed E-state index contributed by atoms with van der Waals surface area (Å²) in [4.78, 5) is 5.30. The standard InChI is InChI=1S/C13H22N2S/c1-10-9-15(3)7-6-13(10)14-8-12-5-4-11(2)16-12/h4-5,10,13-14H,6-9H2,1-3H3. The molecule has 0 bridgehead atoms. The highest BCUT2D eigenvalue weighted by Gasteiger charge is 2.23. The van der Waals surface area contributed by atoms with Gasteiger partial charge in [0, 0.05) is 28.9 Å². The van der Waals surface area contributed by atoms with Crippen molar-refractivity contribution in [2.24, 2.45) is 5.92 Å². The first-order chi connectivity index (χ1) is 7.65. The van der Waals surface area contributed by atoms with Crippen molar-refractivity contribution in [3.63, 3.8) is 0 Å². The summed E-state index contributed by atoms with van der Waals surface area (Å²) >= 11 is 1.91. The summed E-state index contributed by atoms with van der Waals surface area (Å²) < 4.78 is 0. The van der Waals surface area contributed by atoms with Crippen LogP contribution in [0.4, 0.5) is 0 Å². The van der Waals surface area contributed by atoms with Crippen molar-refractivity contribution in [3.05, 3.63) is 21.9 Å². The Labute approximate surface area is 103 Å². The number of hydrogen-bond donors (Lipinski definition) is 1. The summed E-state index contributed by atoms with van der Waals surface area (Å²) in [5.74, 6) is 0.764. The number of piperidine rings is 1. The van der Waals surface area contributed by atoms with E-state index in [1.165, 1.54) is 29.3 Å².